The predicted molar refractivity (Wildman–Crippen MR) is 103 cm³/mol. The number of hydrogen-bond acceptors (Lipinski definition) is 5. The largest absolute Gasteiger partial charge is 0.476 e. The molecule has 0 aliphatic rings. The van der Waals surface area contributed by atoms with Crippen LogP contribution in [0.5, 0.6) is 0 Å². The van der Waals surface area contributed by atoms with Gasteiger partial charge in [0.25, 0.3) is 0 Å². The van der Waals surface area contributed by atoms with Crippen molar-refractivity contribution in [2.45, 2.75) is 0 Å². The number of carboxylic acid groups (broad SMARTS) is 1. The Morgan fingerprint density at radius 2 is 1.96 bits per heavy atom. The summed E-state index contributed by atoms with van der Waals surface area (Å²) in [6, 6.07) is 18.0. The number of nitrogens with one attached hydrogen (secondary N) is 1. The fourth-order valence-corrected chi connectivity index (χ4v) is 2.86. The Kier molecular flexibility index (Phi) is 4.35. The van der Waals surface area contributed by atoms with Crippen LogP contribution >= 0.6 is 11.6 Å². The van der Waals surface area contributed by atoms with Gasteiger partial charge in [-0.25, -0.2) is 15.2 Å². The van der Waals surface area contributed by atoms with Crippen molar-refractivity contribution >= 4 is 40.3 Å². The number of rotatable bonds is 5. The number of benzene rings is 2. The first-order chi connectivity index (χ1) is 13.1. The maximum Gasteiger partial charge on any atom is 0.360 e. The lowest BCUT2D eigenvalue weighted by molar-refractivity contribution is -0.129. The lowest BCUT2D eigenvalue weighted by Gasteiger charge is -2.08. The molecule has 7 nitrogen and oxygen atoms in total. The number of carboxylic acids is 1. The van der Waals surface area contributed by atoms with Crippen LogP contribution in [0.4, 0.5) is 5.95 Å². The molecule has 0 bridgehead atoms. The van der Waals surface area contributed by atoms with Gasteiger partial charge in [0.1, 0.15) is 0 Å². The van der Waals surface area contributed by atoms with Crippen LogP contribution in [0, 0.1) is 0 Å². The Balaban J connectivity index is 1.84. The van der Waals surface area contributed by atoms with Gasteiger partial charge in [0.05, 0.1) is 17.3 Å². The quantitative estimate of drug-likeness (QED) is 0.400. The third-order valence-corrected chi connectivity index (χ3v) is 4.09. The third-order valence-electron chi connectivity index (χ3n) is 3.86. The standard InChI is InChI=1S/C19H13ClN4O3/c20-12-8-9-15-14(11-12)21-19(24(15)13-5-2-1-3-6-13)23-22-17(18(25)26)16-7-4-10-27-16/h1-11H,(H,21,23)(H,25,26)/b22-17-. The van der Waals surface area contributed by atoms with Crippen LogP contribution < -0.4 is 5.43 Å². The second-order valence-corrected chi connectivity index (χ2v) is 6.03. The molecule has 0 radical (unpaired) electrons. The zero-order chi connectivity index (χ0) is 18.8. The molecule has 4 rings (SSSR count). The first kappa shape index (κ1) is 16.9. The van der Waals surface area contributed by atoms with Crippen molar-refractivity contribution in [2.75, 3.05) is 5.43 Å². The molecule has 2 heterocycles. The molecular weight excluding hydrogens is 368 g/mol. The van der Waals surface area contributed by atoms with Gasteiger partial charge in [-0.15, -0.1) is 0 Å². The monoisotopic (exact) mass is 380 g/mol. The fraction of sp³-hybridized carbons (Fsp3) is 0. The summed E-state index contributed by atoms with van der Waals surface area (Å²) in [7, 11) is 0. The SMILES string of the molecule is O=C(O)/C(=N\Nc1nc2cc(Cl)ccc2n1-c1ccccc1)c1ccco1. The number of anilines is 1. The van der Waals surface area contributed by atoms with Gasteiger partial charge in [0, 0.05) is 10.7 Å². The van der Waals surface area contributed by atoms with E-state index in [1.54, 1.807) is 18.2 Å². The van der Waals surface area contributed by atoms with Crippen molar-refractivity contribution in [3.8, 4) is 5.69 Å². The van der Waals surface area contributed by atoms with Crippen LogP contribution in [-0.4, -0.2) is 26.3 Å². The van der Waals surface area contributed by atoms with Crippen molar-refractivity contribution in [3.05, 3.63) is 77.7 Å². The number of fused-ring (bicyclic) bond motifs is 1. The highest BCUT2D eigenvalue weighted by Gasteiger charge is 2.17. The average molecular weight is 381 g/mol. The molecule has 0 saturated heterocycles. The van der Waals surface area contributed by atoms with Gasteiger partial charge in [-0.3, -0.25) is 4.57 Å². The van der Waals surface area contributed by atoms with Gasteiger partial charge >= 0.3 is 5.97 Å². The molecule has 0 amide bonds. The summed E-state index contributed by atoms with van der Waals surface area (Å²) in [5.41, 5.74) is 4.78. The van der Waals surface area contributed by atoms with E-state index in [2.05, 4.69) is 15.5 Å². The molecular formula is C19H13ClN4O3. The van der Waals surface area contributed by atoms with Crippen molar-refractivity contribution in [3.63, 3.8) is 0 Å². The van der Waals surface area contributed by atoms with Crippen LogP contribution in [0.25, 0.3) is 16.7 Å². The zero-order valence-electron chi connectivity index (χ0n) is 13.8. The molecule has 8 heteroatoms. The maximum absolute atomic E-state index is 11.5. The number of furan rings is 1. The topological polar surface area (TPSA) is 92.6 Å². The Bertz CT molecular complexity index is 1130. The third kappa shape index (κ3) is 3.28. The van der Waals surface area contributed by atoms with Gasteiger partial charge in [0.15, 0.2) is 5.76 Å². The van der Waals surface area contributed by atoms with E-state index >= 15 is 0 Å². The molecule has 27 heavy (non-hydrogen) atoms. The second kappa shape index (κ2) is 6.97. The molecule has 4 aromatic rings. The number of aliphatic carboxylic acids is 1. The second-order valence-electron chi connectivity index (χ2n) is 5.59. The molecule has 0 saturated carbocycles. The highest BCUT2D eigenvalue weighted by molar-refractivity contribution is 6.41. The Labute approximate surface area is 158 Å². The molecule has 0 spiro atoms. The van der Waals surface area contributed by atoms with Gasteiger partial charge < -0.3 is 9.52 Å². The Morgan fingerprint density at radius 3 is 2.67 bits per heavy atom. The summed E-state index contributed by atoms with van der Waals surface area (Å²) >= 11 is 6.08. The zero-order valence-corrected chi connectivity index (χ0v) is 14.6. The fourth-order valence-electron chi connectivity index (χ4n) is 2.69. The van der Waals surface area contributed by atoms with E-state index in [9.17, 15) is 9.90 Å². The van der Waals surface area contributed by atoms with Crippen LogP contribution in [0.3, 0.4) is 0 Å². The minimum absolute atomic E-state index is 0.139. The number of carbonyl (C=O) groups is 1. The lowest BCUT2D eigenvalue weighted by atomic mass is 10.3. The van der Waals surface area contributed by atoms with E-state index in [1.165, 1.54) is 12.3 Å². The highest BCUT2D eigenvalue weighted by Crippen LogP contribution is 2.27. The number of nitrogens with zero attached hydrogens (tertiary/aromatic N) is 3. The van der Waals surface area contributed by atoms with Crippen molar-refractivity contribution < 1.29 is 14.3 Å². The number of imidazole rings is 1. The van der Waals surface area contributed by atoms with Crippen molar-refractivity contribution in [1.29, 1.82) is 0 Å². The van der Waals surface area contributed by atoms with E-state index in [0.29, 0.717) is 16.5 Å². The lowest BCUT2D eigenvalue weighted by Crippen LogP contribution is -2.16. The van der Waals surface area contributed by atoms with Gasteiger partial charge in [0.2, 0.25) is 11.7 Å². The minimum atomic E-state index is -1.22. The average Bonchev–Trinajstić information content (AvgIpc) is 3.30. The number of hydrogen-bond donors (Lipinski definition) is 2. The van der Waals surface area contributed by atoms with E-state index in [-0.39, 0.29) is 11.5 Å². The van der Waals surface area contributed by atoms with E-state index in [1.807, 2.05) is 41.0 Å². The number of halogens is 1. The smallest absolute Gasteiger partial charge is 0.360 e. The van der Waals surface area contributed by atoms with Gasteiger partial charge in [-0.05, 0) is 42.5 Å². The van der Waals surface area contributed by atoms with Gasteiger partial charge in [-0.2, -0.15) is 5.10 Å². The van der Waals surface area contributed by atoms with Crippen LogP contribution in [0.2, 0.25) is 5.02 Å². The summed E-state index contributed by atoms with van der Waals surface area (Å²) in [6.45, 7) is 0. The molecule has 0 fully saturated rings. The van der Waals surface area contributed by atoms with E-state index in [0.717, 1.165) is 11.2 Å². The van der Waals surface area contributed by atoms with E-state index < -0.39 is 5.97 Å². The van der Waals surface area contributed by atoms with Crippen LogP contribution in [0.1, 0.15) is 5.76 Å². The number of hydrazone groups is 1. The first-order valence-electron chi connectivity index (χ1n) is 7.98. The molecule has 0 aliphatic heterocycles. The van der Waals surface area contributed by atoms with Gasteiger partial charge in [-0.1, -0.05) is 29.8 Å². The van der Waals surface area contributed by atoms with Crippen molar-refractivity contribution in [1.82, 2.24) is 9.55 Å². The van der Waals surface area contributed by atoms with Crippen molar-refractivity contribution in [2.24, 2.45) is 5.10 Å². The van der Waals surface area contributed by atoms with Crippen LogP contribution in [0.15, 0.2) is 76.4 Å². The predicted octanol–water partition coefficient (Wildman–Crippen LogP) is 4.17. The summed E-state index contributed by atoms with van der Waals surface area (Å²) in [5.74, 6) is -0.730. The molecule has 0 aliphatic carbocycles. The molecule has 2 N–H and O–H groups in total. The summed E-state index contributed by atoms with van der Waals surface area (Å²) in [4.78, 5) is 16.0. The molecule has 2 aromatic heterocycles. The Hall–Kier alpha value is -3.58. The molecule has 2 aromatic carbocycles. The Morgan fingerprint density at radius 1 is 1.15 bits per heavy atom. The summed E-state index contributed by atoms with van der Waals surface area (Å²) in [5, 5.41) is 14.0. The minimum Gasteiger partial charge on any atom is -0.476 e. The molecule has 0 atom stereocenters. The summed E-state index contributed by atoms with van der Waals surface area (Å²) < 4.78 is 6.97. The van der Waals surface area contributed by atoms with Crippen LogP contribution in [-0.2, 0) is 4.79 Å². The normalized spacial score (nSPS) is 11.7. The molecule has 134 valence electrons. The summed E-state index contributed by atoms with van der Waals surface area (Å²) in [6.07, 6.45) is 1.38. The van der Waals surface area contributed by atoms with E-state index in [4.69, 9.17) is 16.0 Å². The highest BCUT2D eigenvalue weighted by atomic mass is 35.5. The number of para-hydroxylation sites is 1. The molecule has 0 unspecified atom stereocenters. The first-order valence-corrected chi connectivity index (χ1v) is 8.35. The number of aromatic nitrogens is 2. The maximum atomic E-state index is 11.5.